The van der Waals surface area contributed by atoms with Crippen LogP contribution in [0.25, 0.3) is 5.69 Å². The van der Waals surface area contributed by atoms with Crippen molar-refractivity contribution >= 4 is 11.8 Å². The van der Waals surface area contributed by atoms with Crippen molar-refractivity contribution in [3.63, 3.8) is 0 Å². The van der Waals surface area contributed by atoms with Crippen molar-refractivity contribution in [2.24, 2.45) is 0 Å². The van der Waals surface area contributed by atoms with Gasteiger partial charge in [0, 0.05) is 38.9 Å². The third kappa shape index (κ3) is 5.40. The number of carbonyl (C=O) groups excluding carboxylic acids is 2. The second kappa shape index (κ2) is 9.32. The first-order chi connectivity index (χ1) is 13.2. The largest absolute Gasteiger partial charge is 0.355 e. The molecule has 0 bridgehead atoms. The number of para-hydroxylation sites is 1. The van der Waals surface area contributed by atoms with Crippen molar-refractivity contribution in [1.29, 1.82) is 0 Å². The van der Waals surface area contributed by atoms with Crippen LogP contribution in [-0.4, -0.2) is 70.7 Å². The normalized spacial score (nSPS) is 14.9. The monoisotopic (exact) mass is 369 g/mol. The number of carbonyl (C=O) groups is 2. The second-order valence-corrected chi connectivity index (χ2v) is 6.81. The fraction of sp³-hybridized carbons (Fsp3) is 0.450. The Hall–Kier alpha value is -2.67. The minimum Gasteiger partial charge on any atom is -0.355 e. The van der Waals surface area contributed by atoms with Crippen molar-refractivity contribution in [2.75, 3.05) is 39.3 Å². The van der Waals surface area contributed by atoms with Gasteiger partial charge in [0.15, 0.2) is 0 Å². The van der Waals surface area contributed by atoms with Gasteiger partial charge >= 0.3 is 0 Å². The molecule has 1 aliphatic heterocycles. The molecule has 7 nitrogen and oxygen atoms in total. The number of benzene rings is 1. The summed E-state index contributed by atoms with van der Waals surface area (Å²) >= 11 is 0. The van der Waals surface area contributed by atoms with Gasteiger partial charge in [-0.25, -0.2) is 4.68 Å². The smallest absolute Gasteiger partial charge is 0.234 e. The van der Waals surface area contributed by atoms with E-state index < -0.39 is 0 Å². The van der Waals surface area contributed by atoms with Gasteiger partial charge in [-0.3, -0.25) is 14.5 Å². The van der Waals surface area contributed by atoms with E-state index in [9.17, 15) is 9.59 Å². The van der Waals surface area contributed by atoms with Gasteiger partial charge in [0.1, 0.15) is 0 Å². The van der Waals surface area contributed by atoms with Crippen LogP contribution in [0, 0.1) is 0 Å². The van der Waals surface area contributed by atoms with Gasteiger partial charge in [0.25, 0.3) is 0 Å². The van der Waals surface area contributed by atoms with Gasteiger partial charge in [0.05, 0.1) is 24.8 Å². The molecular weight excluding hydrogens is 342 g/mol. The molecule has 1 aliphatic rings. The van der Waals surface area contributed by atoms with Crippen LogP contribution < -0.4 is 5.32 Å². The number of hydrogen-bond acceptors (Lipinski definition) is 4. The molecule has 0 radical (unpaired) electrons. The molecule has 3 rings (SSSR count). The molecule has 7 heteroatoms. The van der Waals surface area contributed by atoms with E-state index in [-0.39, 0.29) is 11.8 Å². The van der Waals surface area contributed by atoms with Crippen molar-refractivity contribution in [3.05, 3.63) is 48.3 Å². The van der Waals surface area contributed by atoms with Gasteiger partial charge in [-0.15, -0.1) is 0 Å². The molecule has 0 atom stereocenters. The number of piperazine rings is 1. The maximum atomic E-state index is 12.6. The molecule has 1 saturated heterocycles. The summed E-state index contributed by atoms with van der Waals surface area (Å²) in [6.07, 6.45) is 4.94. The maximum Gasteiger partial charge on any atom is 0.234 e. The van der Waals surface area contributed by atoms with E-state index >= 15 is 0 Å². The molecule has 2 amide bonds. The first-order valence-corrected chi connectivity index (χ1v) is 9.51. The molecule has 2 heterocycles. The Labute approximate surface area is 159 Å². The molecule has 0 aliphatic carbocycles. The van der Waals surface area contributed by atoms with Crippen molar-refractivity contribution in [1.82, 2.24) is 24.9 Å². The standard InChI is InChI=1S/C20H27N5O2/c1-2-8-21-19(26)16-23-9-11-24(12-10-23)20(27)13-17-14-22-25(15-17)18-6-4-3-5-7-18/h3-7,14-15H,2,8-13,16H2,1H3,(H,21,26). The van der Waals surface area contributed by atoms with Gasteiger partial charge in [-0.1, -0.05) is 25.1 Å². The van der Waals surface area contributed by atoms with Crippen molar-refractivity contribution in [3.8, 4) is 5.69 Å². The number of nitrogens with one attached hydrogen (secondary N) is 1. The van der Waals surface area contributed by atoms with E-state index in [0.29, 0.717) is 32.6 Å². The molecule has 1 aromatic heterocycles. The SMILES string of the molecule is CCCNC(=O)CN1CCN(C(=O)Cc2cnn(-c3ccccc3)c2)CC1. The van der Waals surface area contributed by atoms with Crippen LogP contribution in [-0.2, 0) is 16.0 Å². The molecule has 0 spiro atoms. The molecule has 27 heavy (non-hydrogen) atoms. The van der Waals surface area contributed by atoms with Gasteiger partial charge in [-0.2, -0.15) is 5.10 Å². The second-order valence-electron chi connectivity index (χ2n) is 6.81. The van der Waals surface area contributed by atoms with E-state index in [4.69, 9.17) is 0 Å². The predicted molar refractivity (Wildman–Crippen MR) is 104 cm³/mol. The highest BCUT2D eigenvalue weighted by Gasteiger charge is 2.22. The number of hydrogen-bond donors (Lipinski definition) is 1. The number of aromatic nitrogens is 2. The quantitative estimate of drug-likeness (QED) is 0.793. The summed E-state index contributed by atoms with van der Waals surface area (Å²) < 4.78 is 1.79. The lowest BCUT2D eigenvalue weighted by atomic mass is 10.2. The lowest BCUT2D eigenvalue weighted by Crippen LogP contribution is -2.51. The van der Waals surface area contributed by atoms with Crippen LogP contribution in [0.2, 0.25) is 0 Å². The average Bonchev–Trinajstić information content (AvgIpc) is 3.16. The lowest BCUT2D eigenvalue weighted by molar-refractivity contribution is -0.132. The minimum absolute atomic E-state index is 0.0601. The molecule has 1 fully saturated rings. The van der Waals surface area contributed by atoms with E-state index in [1.807, 2.05) is 48.4 Å². The average molecular weight is 369 g/mol. The first kappa shape index (κ1) is 19.1. The topological polar surface area (TPSA) is 70.5 Å². The zero-order valence-corrected chi connectivity index (χ0v) is 15.8. The Balaban J connectivity index is 1.46. The highest BCUT2D eigenvalue weighted by atomic mass is 16.2. The highest BCUT2D eigenvalue weighted by molar-refractivity contribution is 5.79. The third-order valence-electron chi connectivity index (χ3n) is 4.68. The molecule has 0 unspecified atom stereocenters. The van der Waals surface area contributed by atoms with Crippen molar-refractivity contribution < 1.29 is 9.59 Å². The van der Waals surface area contributed by atoms with Crippen LogP contribution in [0.3, 0.4) is 0 Å². The summed E-state index contributed by atoms with van der Waals surface area (Å²) in [6, 6.07) is 9.85. The fourth-order valence-corrected chi connectivity index (χ4v) is 3.14. The molecule has 144 valence electrons. The Bertz CT molecular complexity index is 751. The summed E-state index contributed by atoms with van der Waals surface area (Å²) in [7, 11) is 0. The van der Waals surface area contributed by atoms with Gasteiger partial charge < -0.3 is 10.2 Å². The summed E-state index contributed by atoms with van der Waals surface area (Å²) in [5.41, 5.74) is 1.89. The third-order valence-corrected chi connectivity index (χ3v) is 4.68. The maximum absolute atomic E-state index is 12.6. The summed E-state index contributed by atoms with van der Waals surface area (Å²) in [6.45, 7) is 5.94. The zero-order valence-electron chi connectivity index (χ0n) is 15.8. The number of amides is 2. The Morgan fingerprint density at radius 1 is 1.11 bits per heavy atom. The summed E-state index contributed by atoms with van der Waals surface area (Å²) in [4.78, 5) is 28.4. The molecular formula is C20H27N5O2. The van der Waals surface area contributed by atoms with Crippen LogP contribution in [0.5, 0.6) is 0 Å². The van der Waals surface area contributed by atoms with Crippen LogP contribution in [0.4, 0.5) is 0 Å². The van der Waals surface area contributed by atoms with Gasteiger partial charge in [0.2, 0.25) is 11.8 Å². The minimum atomic E-state index is 0.0601. The summed E-state index contributed by atoms with van der Waals surface area (Å²) in [5, 5.41) is 7.24. The lowest BCUT2D eigenvalue weighted by Gasteiger charge is -2.34. The van der Waals surface area contributed by atoms with Crippen LogP contribution in [0.15, 0.2) is 42.7 Å². The Morgan fingerprint density at radius 2 is 1.85 bits per heavy atom. The molecule has 2 aromatic rings. The number of nitrogens with zero attached hydrogens (tertiary/aromatic N) is 4. The van der Waals surface area contributed by atoms with E-state index in [1.54, 1.807) is 10.9 Å². The van der Waals surface area contributed by atoms with Crippen molar-refractivity contribution in [2.45, 2.75) is 19.8 Å². The number of rotatable bonds is 7. The Morgan fingerprint density at radius 3 is 2.56 bits per heavy atom. The molecule has 1 N–H and O–H groups in total. The van der Waals surface area contributed by atoms with Gasteiger partial charge in [-0.05, 0) is 24.1 Å². The van der Waals surface area contributed by atoms with Crippen LogP contribution >= 0.6 is 0 Å². The van der Waals surface area contributed by atoms with E-state index in [2.05, 4.69) is 15.3 Å². The molecule has 1 aromatic carbocycles. The fourth-order valence-electron chi connectivity index (χ4n) is 3.14. The highest BCUT2D eigenvalue weighted by Crippen LogP contribution is 2.10. The zero-order chi connectivity index (χ0) is 19.1. The molecule has 0 saturated carbocycles. The summed E-state index contributed by atoms with van der Waals surface area (Å²) in [5.74, 6) is 0.169. The predicted octanol–water partition coefficient (Wildman–Crippen LogP) is 1.09. The Kier molecular flexibility index (Phi) is 6.59. The van der Waals surface area contributed by atoms with E-state index in [0.717, 1.165) is 30.8 Å². The van der Waals surface area contributed by atoms with Crippen LogP contribution in [0.1, 0.15) is 18.9 Å². The first-order valence-electron chi connectivity index (χ1n) is 9.51. The van der Waals surface area contributed by atoms with E-state index in [1.165, 1.54) is 0 Å².